The highest BCUT2D eigenvalue weighted by molar-refractivity contribution is 5.87. The highest BCUT2D eigenvalue weighted by Crippen LogP contribution is 2.44. The summed E-state index contributed by atoms with van der Waals surface area (Å²) in [6.45, 7) is 3.66. The smallest absolute Gasteiger partial charge is 0.312 e. The number of ether oxygens (including phenoxy) is 1. The van der Waals surface area contributed by atoms with Gasteiger partial charge >= 0.3 is 5.97 Å². The van der Waals surface area contributed by atoms with Crippen LogP contribution in [0.1, 0.15) is 32.1 Å². The molecule has 12 nitrogen and oxygen atoms in total. The number of piperidine rings is 2. The second-order valence-electron chi connectivity index (χ2n) is 8.68. The Balaban J connectivity index is 0.000000492. The number of esters is 1. The molecule has 12 heteroatoms. The first-order valence-electron chi connectivity index (χ1n) is 11.3. The first-order valence-corrected chi connectivity index (χ1v) is 11.3. The van der Waals surface area contributed by atoms with Crippen LogP contribution in [0.2, 0.25) is 0 Å². The highest BCUT2D eigenvalue weighted by Gasteiger charge is 2.50. The van der Waals surface area contributed by atoms with Crippen LogP contribution in [0.3, 0.4) is 0 Å². The van der Waals surface area contributed by atoms with Gasteiger partial charge in [0.05, 0.1) is 16.9 Å². The minimum atomic E-state index is -0.346. The van der Waals surface area contributed by atoms with Gasteiger partial charge in [0, 0.05) is 45.3 Å². The van der Waals surface area contributed by atoms with Crippen LogP contribution in [0.25, 0.3) is 11.0 Å². The predicted molar refractivity (Wildman–Crippen MR) is 121 cm³/mol. The molecule has 0 aliphatic carbocycles. The van der Waals surface area contributed by atoms with Crippen LogP contribution < -0.4 is 4.90 Å². The number of carbonyl (C=O) groups is 3. The third-order valence-electron chi connectivity index (χ3n) is 6.70. The van der Waals surface area contributed by atoms with E-state index in [2.05, 4.69) is 24.8 Å². The number of hydrogen-bond acceptors (Lipinski definition) is 9. The van der Waals surface area contributed by atoms with Gasteiger partial charge < -0.3 is 29.9 Å². The number of aromatic nitrogens is 3. The molecule has 0 aromatic carbocycles. The summed E-state index contributed by atoms with van der Waals surface area (Å²) in [6.07, 6.45) is 7.31. The molecule has 1 atom stereocenters. The maximum absolute atomic E-state index is 12.7. The maximum atomic E-state index is 12.7. The Morgan fingerprint density at radius 2 is 1.76 bits per heavy atom. The Morgan fingerprint density at radius 1 is 1.12 bits per heavy atom. The van der Waals surface area contributed by atoms with Crippen molar-refractivity contribution in [3.05, 3.63) is 18.6 Å². The van der Waals surface area contributed by atoms with E-state index in [9.17, 15) is 9.90 Å². The molecule has 5 rings (SSSR count). The minimum Gasteiger partial charge on any atom is -0.483 e. The molecule has 4 N–H and O–H groups in total. The maximum Gasteiger partial charge on any atom is 0.312 e. The molecular weight excluding hydrogens is 446 g/mol. The first kappa shape index (κ1) is 25.4. The number of hydrogen-bond donors (Lipinski definition) is 4. The number of carbonyl (C=O) groups excluding carboxylic acids is 1. The number of nitrogens with zero attached hydrogens (tertiary/aromatic N) is 4. The summed E-state index contributed by atoms with van der Waals surface area (Å²) in [4.78, 5) is 45.9. The van der Waals surface area contributed by atoms with Crippen LogP contribution in [0.4, 0.5) is 5.82 Å². The molecule has 0 radical (unpaired) electrons. The number of cyclic esters (lactones) is 1. The lowest BCUT2D eigenvalue weighted by Crippen LogP contribution is -2.43. The first-order chi connectivity index (χ1) is 16.5. The van der Waals surface area contributed by atoms with Crippen molar-refractivity contribution in [1.82, 2.24) is 19.9 Å². The van der Waals surface area contributed by atoms with Gasteiger partial charge in [-0.25, -0.2) is 9.97 Å². The average molecular weight is 478 g/mol. The molecule has 5 heterocycles. The molecular formula is C22H31N5O7. The van der Waals surface area contributed by atoms with Crippen LogP contribution in [0.15, 0.2) is 18.6 Å². The number of likely N-dealkylation sites (tertiary alicyclic amines) is 1. The van der Waals surface area contributed by atoms with Crippen molar-refractivity contribution in [1.29, 1.82) is 0 Å². The van der Waals surface area contributed by atoms with E-state index in [0.717, 1.165) is 81.7 Å². The molecule has 3 aliphatic rings. The lowest BCUT2D eigenvalue weighted by Gasteiger charge is -2.37. The SMILES string of the molecule is O=C1OC(CN2CCC(O)CC2)CC12CCN(c1ncnc3[nH]ccc13)CC2.O=CO.O=CO. The second kappa shape index (κ2) is 11.7. The van der Waals surface area contributed by atoms with Gasteiger partial charge in [-0.2, -0.15) is 0 Å². The fourth-order valence-electron chi connectivity index (χ4n) is 4.99. The largest absolute Gasteiger partial charge is 0.483 e. The number of anilines is 1. The average Bonchev–Trinajstić information content (AvgIpc) is 3.42. The minimum absolute atomic E-state index is 0.0234. The number of aliphatic hydroxyl groups is 1. The van der Waals surface area contributed by atoms with Gasteiger partial charge in [-0.05, 0) is 31.7 Å². The van der Waals surface area contributed by atoms with Crippen LogP contribution in [-0.2, 0) is 19.1 Å². The number of nitrogens with one attached hydrogen (secondary N) is 1. The normalized spacial score (nSPS) is 22.3. The van der Waals surface area contributed by atoms with Crippen molar-refractivity contribution in [2.45, 2.75) is 44.3 Å². The van der Waals surface area contributed by atoms with Crippen LogP contribution in [0, 0.1) is 5.41 Å². The Kier molecular flexibility index (Phi) is 8.77. The monoisotopic (exact) mass is 477 g/mol. The van der Waals surface area contributed by atoms with Gasteiger partial charge in [-0.3, -0.25) is 19.3 Å². The van der Waals surface area contributed by atoms with Gasteiger partial charge in [0.1, 0.15) is 23.9 Å². The number of aliphatic hydroxyl groups excluding tert-OH is 1. The zero-order chi connectivity index (χ0) is 24.6. The molecule has 2 aromatic rings. The number of H-pyrrole nitrogens is 1. The van der Waals surface area contributed by atoms with Gasteiger partial charge in [0.2, 0.25) is 0 Å². The predicted octanol–water partition coefficient (Wildman–Crippen LogP) is 0.718. The standard InChI is InChI=1S/C20H27N5O3.2CH2O2/c26-14-2-7-24(8-3-14)12-15-11-20(19(27)28-15)4-9-25(10-5-20)18-16-1-6-21-17(16)22-13-23-18;2*2-1-3/h1,6,13-15,26H,2-5,7-12H2,(H,21,22,23);2*1H,(H,2,3). The zero-order valence-electron chi connectivity index (χ0n) is 18.9. The van der Waals surface area contributed by atoms with E-state index >= 15 is 0 Å². The van der Waals surface area contributed by atoms with Crippen LogP contribution in [0.5, 0.6) is 0 Å². The Hall–Kier alpha value is -3.25. The third-order valence-corrected chi connectivity index (χ3v) is 6.70. The number of fused-ring (bicyclic) bond motifs is 1. The van der Waals surface area contributed by atoms with Crippen molar-refractivity contribution < 1.29 is 34.4 Å². The van der Waals surface area contributed by atoms with E-state index in [4.69, 9.17) is 24.5 Å². The molecule has 0 bridgehead atoms. The molecule has 0 saturated carbocycles. The second-order valence-corrected chi connectivity index (χ2v) is 8.68. The topological polar surface area (TPSA) is 169 Å². The Morgan fingerprint density at radius 3 is 2.41 bits per heavy atom. The summed E-state index contributed by atoms with van der Waals surface area (Å²) >= 11 is 0. The molecule has 2 aromatic heterocycles. The van der Waals surface area contributed by atoms with E-state index in [1.165, 1.54) is 0 Å². The Labute approximate surface area is 196 Å². The summed E-state index contributed by atoms with van der Waals surface area (Å²) in [5.41, 5.74) is 0.498. The summed E-state index contributed by atoms with van der Waals surface area (Å²) in [7, 11) is 0. The van der Waals surface area contributed by atoms with E-state index in [1.807, 2.05) is 12.3 Å². The van der Waals surface area contributed by atoms with E-state index in [1.54, 1.807) is 6.33 Å². The van der Waals surface area contributed by atoms with Crippen LogP contribution >= 0.6 is 0 Å². The van der Waals surface area contributed by atoms with E-state index in [0.29, 0.717) is 0 Å². The van der Waals surface area contributed by atoms with E-state index < -0.39 is 0 Å². The molecule has 34 heavy (non-hydrogen) atoms. The summed E-state index contributed by atoms with van der Waals surface area (Å²) in [5.74, 6) is 0.916. The molecule has 3 fully saturated rings. The number of aromatic amines is 1. The van der Waals surface area contributed by atoms with Gasteiger partial charge in [0.25, 0.3) is 12.9 Å². The quantitative estimate of drug-likeness (QED) is 0.363. The van der Waals surface area contributed by atoms with Crippen molar-refractivity contribution >= 4 is 35.8 Å². The molecule has 3 saturated heterocycles. The van der Waals surface area contributed by atoms with Gasteiger partial charge in [-0.1, -0.05) is 0 Å². The summed E-state index contributed by atoms with van der Waals surface area (Å²) in [6, 6.07) is 2.00. The van der Waals surface area contributed by atoms with Gasteiger partial charge in [0.15, 0.2) is 0 Å². The zero-order valence-corrected chi connectivity index (χ0v) is 18.9. The fourth-order valence-corrected chi connectivity index (χ4v) is 4.99. The van der Waals surface area contributed by atoms with Crippen molar-refractivity contribution in [2.75, 3.05) is 37.6 Å². The fraction of sp³-hybridized carbons (Fsp3) is 0.591. The van der Waals surface area contributed by atoms with Gasteiger partial charge in [-0.15, -0.1) is 0 Å². The van der Waals surface area contributed by atoms with E-state index in [-0.39, 0.29) is 36.5 Å². The Bertz CT molecular complexity index is 946. The number of rotatable bonds is 3. The molecule has 1 spiro atoms. The molecule has 1 unspecified atom stereocenters. The highest BCUT2D eigenvalue weighted by atomic mass is 16.6. The lowest BCUT2D eigenvalue weighted by atomic mass is 9.76. The van der Waals surface area contributed by atoms with Crippen molar-refractivity contribution in [3.8, 4) is 0 Å². The summed E-state index contributed by atoms with van der Waals surface area (Å²) in [5, 5.41) is 24.5. The molecule has 0 amide bonds. The molecule has 3 aliphatic heterocycles. The third kappa shape index (κ3) is 5.81. The van der Waals surface area contributed by atoms with Crippen molar-refractivity contribution in [3.63, 3.8) is 0 Å². The lowest BCUT2D eigenvalue weighted by molar-refractivity contribution is -0.150. The van der Waals surface area contributed by atoms with Crippen LogP contribution in [-0.4, -0.2) is 99.0 Å². The molecule has 186 valence electrons. The summed E-state index contributed by atoms with van der Waals surface area (Å²) < 4.78 is 5.79. The van der Waals surface area contributed by atoms with Crippen molar-refractivity contribution in [2.24, 2.45) is 5.41 Å². The number of carboxylic acid groups (broad SMARTS) is 2.